The van der Waals surface area contributed by atoms with Crippen LogP contribution < -0.4 is 20.9 Å². The van der Waals surface area contributed by atoms with Crippen molar-refractivity contribution in [2.45, 2.75) is 71.0 Å². The molecule has 294 valence electrons. The third-order valence-electron chi connectivity index (χ3n) is 29.7. The summed E-state index contributed by atoms with van der Waals surface area (Å²) in [6, 6.07) is 0. The van der Waals surface area contributed by atoms with Gasteiger partial charge in [0.2, 0.25) is 0 Å². The molecule has 14 atom stereocenters. The molecule has 0 heteroatoms. The molecule has 0 spiro atoms. The van der Waals surface area contributed by atoms with Crippen LogP contribution in [0.4, 0.5) is 0 Å². The number of hydrogen-bond acceptors (Lipinski definition) is 0. The van der Waals surface area contributed by atoms with Crippen LogP contribution in [0.25, 0.3) is 147 Å². The minimum absolute atomic E-state index is 0.474. The number of benzene rings is 8. The summed E-state index contributed by atoms with van der Waals surface area (Å²) in [5.74, 6) is 7.13. The Morgan fingerprint density at radius 2 is 0.457 bits per heavy atom. The Bertz CT molecular complexity index is 6200. The predicted molar refractivity (Wildman–Crippen MR) is 267 cm³/mol. The second kappa shape index (κ2) is 5.54. The van der Waals surface area contributed by atoms with E-state index in [1.54, 1.807) is 53.9 Å². The monoisotopic (exact) mass is 854 g/mol. The lowest BCUT2D eigenvalue weighted by molar-refractivity contribution is 0.586. The van der Waals surface area contributed by atoms with E-state index in [9.17, 15) is 0 Å². The van der Waals surface area contributed by atoms with Crippen LogP contribution in [0, 0.1) is 11.8 Å². The average Bonchev–Trinajstić information content (AvgIpc) is 4.30. The van der Waals surface area contributed by atoms with E-state index in [-0.39, 0.29) is 0 Å². The van der Waals surface area contributed by atoms with Crippen molar-refractivity contribution in [2.75, 3.05) is 0 Å². The molecule has 25 aliphatic rings. The zero-order chi connectivity index (χ0) is 40.4. The maximum absolute atomic E-state index is 2.00. The number of hydrogen-bond donors (Lipinski definition) is 0. The fourth-order valence-corrected chi connectivity index (χ4v) is 30.6. The molecule has 0 saturated heterocycles. The van der Waals surface area contributed by atoms with Gasteiger partial charge in [-0.15, -0.1) is 0 Å². The van der Waals surface area contributed by atoms with Crippen molar-refractivity contribution in [2.24, 2.45) is 11.8 Å². The van der Waals surface area contributed by atoms with Crippen molar-refractivity contribution >= 4 is 136 Å². The predicted octanol–water partition coefficient (Wildman–Crippen LogP) is 11.2. The minimum Gasteiger partial charge on any atom is -0.0454 e. The van der Waals surface area contributed by atoms with Crippen LogP contribution in [0.3, 0.4) is 0 Å². The van der Waals surface area contributed by atoms with Gasteiger partial charge in [0, 0.05) is 82.9 Å². The Morgan fingerprint density at radius 1 is 0.143 bits per heavy atom. The van der Waals surface area contributed by atoms with Gasteiger partial charge in [0.05, 0.1) is 0 Å². The quantitative estimate of drug-likeness (QED) is 0.105. The summed E-state index contributed by atoms with van der Waals surface area (Å²) in [5.41, 5.74) is 65.1. The maximum atomic E-state index is 2.00. The third-order valence-corrected chi connectivity index (χ3v) is 29.7. The van der Waals surface area contributed by atoms with Crippen molar-refractivity contribution in [1.82, 2.24) is 0 Å². The van der Waals surface area contributed by atoms with Crippen molar-refractivity contribution in [1.29, 1.82) is 0 Å². The first-order chi connectivity index (χ1) is 35.0. The first-order valence-electron chi connectivity index (χ1n) is 27.9. The fraction of sp³-hybridized carbons (Fsp3) is 0.200. The van der Waals surface area contributed by atoms with E-state index in [2.05, 4.69) is 0 Å². The van der Waals surface area contributed by atoms with E-state index < -0.39 is 0 Å². The Hall–Kier alpha value is -7.28. The maximum Gasteiger partial charge on any atom is 0.0221 e. The van der Waals surface area contributed by atoms with E-state index in [0.717, 1.165) is 0 Å². The van der Waals surface area contributed by atoms with Crippen LogP contribution in [0.1, 0.15) is 160 Å². The van der Waals surface area contributed by atoms with Crippen LogP contribution in [-0.2, 0) is 0 Å². The smallest absolute Gasteiger partial charge is 0.0221 e. The molecule has 1 fully saturated rings. The zero-order valence-electron chi connectivity index (χ0n) is 36.1. The Morgan fingerprint density at radius 3 is 0.929 bits per heavy atom. The first-order valence-corrected chi connectivity index (χ1v) is 27.9. The van der Waals surface area contributed by atoms with Gasteiger partial charge < -0.3 is 0 Å². The van der Waals surface area contributed by atoms with Crippen LogP contribution in [0.15, 0.2) is 50.2 Å². The highest BCUT2D eigenvalue weighted by molar-refractivity contribution is 6.59. The molecule has 12 aromatic rings. The van der Waals surface area contributed by atoms with E-state index in [1.165, 1.54) is 0 Å². The summed E-state index contributed by atoms with van der Waals surface area (Å²) in [7, 11) is 0. The zero-order valence-corrected chi connectivity index (χ0v) is 36.1. The molecule has 1 saturated carbocycles. The van der Waals surface area contributed by atoms with Gasteiger partial charge in [0.25, 0.3) is 0 Å². The van der Waals surface area contributed by atoms with Crippen molar-refractivity contribution in [3.63, 3.8) is 0 Å². The van der Waals surface area contributed by atoms with Gasteiger partial charge in [0.1, 0.15) is 0 Å². The lowest BCUT2D eigenvalue weighted by Crippen LogP contribution is -2.36. The van der Waals surface area contributed by atoms with Crippen LogP contribution >= 0.6 is 0 Å². The van der Waals surface area contributed by atoms with Gasteiger partial charge in [-0.05, 0) is 307 Å². The third kappa shape index (κ3) is 1.27. The highest BCUT2D eigenvalue weighted by Crippen LogP contribution is 2.92. The number of rotatable bonds is 0. The molecular formula is C70H14. The standard InChI is InChI=1S/C70H14/c1-2-22-5-6-24-13-14-26-11-9-23-4-3(21(1)51-52(22)54(24)55(26)53(23)51)33-31(1)61-35-7-8-27-15-16-29-19-20-30-18-17-28-12-10(25(7)56-57(27)59(29)60(30)58(28)56)37(35)63(33)65-36(4)40(9)67(44(17)42(12)65)69-46(11)47(14)70(50(20)49(18)69)68-43(13)39(6)66(45(16)48(19)68)64-34(5)32(2)62(61)38(8)41(15)64/h21,24-25,29,32,34,37,48,51,54,56,59,63,68H. The summed E-state index contributed by atoms with van der Waals surface area (Å²) < 4.78 is 0. The largest absolute Gasteiger partial charge is 0.0454 e. The summed E-state index contributed by atoms with van der Waals surface area (Å²) in [4.78, 5) is 0. The van der Waals surface area contributed by atoms with Gasteiger partial charge in [-0.2, -0.15) is 0 Å². The molecular weight excluding hydrogens is 841 g/mol. The van der Waals surface area contributed by atoms with Crippen molar-refractivity contribution < 1.29 is 0 Å². The van der Waals surface area contributed by atoms with Crippen molar-refractivity contribution in [3.8, 4) is 11.1 Å². The van der Waals surface area contributed by atoms with Gasteiger partial charge in [-0.25, -0.2) is 0 Å². The molecule has 25 aliphatic carbocycles. The van der Waals surface area contributed by atoms with Gasteiger partial charge in [-0.3, -0.25) is 0 Å². The van der Waals surface area contributed by atoms with E-state index in [0.29, 0.717) is 82.9 Å². The number of allylic oxidation sites excluding steroid dienone is 11. The summed E-state index contributed by atoms with van der Waals surface area (Å²) in [5, 5.41) is 39.8. The second-order valence-electron chi connectivity index (χ2n) is 28.8. The minimum atomic E-state index is 0.474. The molecule has 12 aromatic carbocycles. The normalized spacial score (nSPS) is 40.1. The lowest BCUT2D eigenvalue weighted by atomic mass is 9.55. The average molecular weight is 855 g/mol. The van der Waals surface area contributed by atoms with Crippen LogP contribution in [-0.4, -0.2) is 0 Å². The molecule has 0 aromatic heterocycles. The van der Waals surface area contributed by atoms with Crippen LogP contribution in [0.2, 0.25) is 0 Å². The molecule has 0 bridgehead atoms. The Kier molecular flexibility index (Phi) is 1.98. The summed E-state index contributed by atoms with van der Waals surface area (Å²) >= 11 is 0. The molecule has 0 aliphatic heterocycles. The molecule has 70 heavy (non-hydrogen) atoms. The van der Waals surface area contributed by atoms with E-state index in [4.69, 9.17) is 0 Å². The van der Waals surface area contributed by atoms with E-state index >= 15 is 0 Å². The summed E-state index contributed by atoms with van der Waals surface area (Å²) in [6.07, 6.45) is 0. The Balaban J connectivity index is 1.11. The van der Waals surface area contributed by atoms with Gasteiger partial charge in [0.15, 0.2) is 0 Å². The molecule has 0 N–H and O–H groups in total. The molecule has 0 heterocycles. The van der Waals surface area contributed by atoms with Crippen LogP contribution in [0.5, 0.6) is 0 Å². The van der Waals surface area contributed by atoms with Gasteiger partial charge in [-0.1, -0.05) is 0 Å². The molecule has 0 radical (unpaired) electrons. The molecule has 0 amide bonds. The van der Waals surface area contributed by atoms with Gasteiger partial charge >= 0.3 is 0 Å². The highest BCUT2D eigenvalue weighted by Gasteiger charge is 2.77. The van der Waals surface area contributed by atoms with E-state index in [1.807, 2.05) is 253 Å². The lowest BCUT2D eigenvalue weighted by Gasteiger charge is -2.46. The first kappa shape index (κ1) is 25.0. The SMILES string of the molecule is C12=C3C4c5c6c7c8c9c%10c%11c%12c%13c%14c%15c%16c%17c%18c%19c%20c(c5c5c7c9c7c%11c%13c%16c%18c7c%205)=C5C7=C9C(=C1C1c%11c9c9c%13c%16c%11-c%11c%18c%20c%21c%22c%11C1C2=C1C%22=C(C=8C1C36)C%10C%21C=%12C%20C%14C(=C%16%18)C%15C%13C=%17C9C7%19)C54. The molecule has 14 unspecified atom stereocenters. The molecule has 0 nitrogen and oxygen atoms in total. The highest BCUT2D eigenvalue weighted by atomic mass is 14.8. The van der Waals surface area contributed by atoms with Crippen molar-refractivity contribution in [3.05, 3.63) is 160 Å². The second-order valence-corrected chi connectivity index (χ2v) is 28.8. The Labute approximate surface area is 387 Å². The topological polar surface area (TPSA) is 0 Å². The fourth-order valence-electron chi connectivity index (χ4n) is 30.6. The molecule has 37 rings (SSSR count). The summed E-state index contributed by atoms with van der Waals surface area (Å²) in [6.45, 7) is 0.